The second-order valence-corrected chi connectivity index (χ2v) is 6.77. The van der Waals surface area contributed by atoms with Crippen LogP contribution in [0.1, 0.15) is 43.0 Å². The summed E-state index contributed by atoms with van der Waals surface area (Å²) in [6, 6.07) is 10.0. The number of fused-ring (bicyclic) bond motifs is 2. The van der Waals surface area contributed by atoms with Gasteiger partial charge in [-0.05, 0) is 36.7 Å². The molecule has 2 aliphatic rings. The number of nitrogens with zero attached hydrogens (tertiary/aromatic N) is 2. The number of carbonyl (C=O) groups excluding carboxylic acids is 1. The Morgan fingerprint density at radius 3 is 2.83 bits per heavy atom. The summed E-state index contributed by atoms with van der Waals surface area (Å²) in [6.45, 7) is 0.328. The Balaban J connectivity index is 1.31. The average molecular weight is 311 g/mol. The predicted octanol–water partition coefficient (Wildman–Crippen LogP) is 2.71. The van der Waals surface area contributed by atoms with Gasteiger partial charge < -0.3 is 9.84 Å². The summed E-state index contributed by atoms with van der Waals surface area (Å²) in [7, 11) is 0. The van der Waals surface area contributed by atoms with E-state index in [9.17, 15) is 4.79 Å². The number of benzene rings is 1. The van der Waals surface area contributed by atoms with Crippen molar-refractivity contribution < 1.29 is 9.32 Å². The highest BCUT2D eigenvalue weighted by Gasteiger charge is 2.42. The van der Waals surface area contributed by atoms with E-state index in [2.05, 4.69) is 15.5 Å². The fourth-order valence-corrected chi connectivity index (χ4v) is 4.07. The van der Waals surface area contributed by atoms with Crippen molar-refractivity contribution in [2.45, 2.75) is 38.6 Å². The van der Waals surface area contributed by atoms with E-state index in [1.807, 2.05) is 30.3 Å². The van der Waals surface area contributed by atoms with Crippen LogP contribution in [0.2, 0.25) is 0 Å². The zero-order valence-corrected chi connectivity index (χ0v) is 13.1. The molecule has 0 aliphatic heterocycles. The second-order valence-electron chi connectivity index (χ2n) is 6.77. The summed E-state index contributed by atoms with van der Waals surface area (Å²) in [5, 5.41) is 6.96. The summed E-state index contributed by atoms with van der Waals surface area (Å²) in [6.07, 6.45) is 5.45. The van der Waals surface area contributed by atoms with Gasteiger partial charge in [0.2, 0.25) is 11.8 Å². The Bertz CT molecular complexity index is 683. The first-order valence-electron chi connectivity index (χ1n) is 8.41. The first-order chi connectivity index (χ1) is 11.3. The molecular weight excluding hydrogens is 290 g/mol. The van der Waals surface area contributed by atoms with E-state index in [0.717, 1.165) is 17.9 Å². The molecule has 1 aromatic heterocycles. The van der Waals surface area contributed by atoms with E-state index in [-0.39, 0.29) is 11.8 Å². The number of aromatic nitrogens is 2. The van der Waals surface area contributed by atoms with Gasteiger partial charge in [-0.1, -0.05) is 41.9 Å². The molecule has 2 bridgehead atoms. The van der Waals surface area contributed by atoms with Crippen LogP contribution < -0.4 is 5.32 Å². The molecule has 2 aromatic rings. The molecule has 4 rings (SSSR count). The summed E-state index contributed by atoms with van der Waals surface area (Å²) in [5.74, 6) is 2.85. The molecule has 5 heteroatoms. The topological polar surface area (TPSA) is 68.0 Å². The monoisotopic (exact) mass is 311 g/mol. The van der Waals surface area contributed by atoms with Crippen LogP contribution in [0.4, 0.5) is 0 Å². The average Bonchev–Trinajstić information content (AvgIpc) is 3.30. The van der Waals surface area contributed by atoms with Crippen molar-refractivity contribution in [3.8, 4) is 0 Å². The molecule has 0 radical (unpaired) electrons. The Labute approximate surface area is 135 Å². The molecule has 2 saturated carbocycles. The lowest BCUT2D eigenvalue weighted by atomic mass is 9.88. The van der Waals surface area contributed by atoms with Crippen molar-refractivity contribution in [2.75, 3.05) is 0 Å². The molecule has 1 amide bonds. The number of nitrogens with one attached hydrogen (secondary N) is 1. The van der Waals surface area contributed by atoms with E-state index in [1.54, 1.807) is 0 Å². The lowest BCUT2D eigenvalue weighted by Crippen LogP contribution is -2.33. The quantitative estimate of drug-likeness (QED) is 0.922. The van der Waals surface area contributed by atoms with Crippen molar-refractivity contribution in [1.82, 2.24) is 15.5 Å². The minimum absolute atomic E-state index is 0.153. The maximum Gasteiger partial charge on any atom is 0.246 e. The highest BCUT2D eigenvalue weighted by atomic mass is 16.5. The van der Waals surface area contributed by atoms with Crippen LogP contribution in [0.5, 0.6) is 0 Å². The normalized spacial score (nSPS) is 25.7. The number of amides is 1. The molecule has 2 aliphatic carbocycles. The van der Waals surface area contributed by atoms with Crippen LogP contribution in [0.15, 0.2) is 34.9 Å². The molecule has 5 nitrogen and oxygen atoms in total. The van der Waals surface area contributed by atoms with E-state index < -0.39 is 0 Å². The van der Waals surface area contributed by atoms with E-state index >= 15 is 0 Å². The predicted molar refractivity (Wildman–Crippen MR) is 84.3 cm³/mol. The highest BCUT2D eigenvalue weighted by molar-refractivity contribution is 5.79. The van der Waals surface area contributed by atoms with Crippen LogP contribution >= 0.6 is 0 Å². The molecule has 3 unspecified atom stereocenters. The highest BCUT2D eigenvalue weighted by Crippen LogP contribution is 2.48. The standard InChI is InChI=1S/C18H21N3O2/c22-18(15-9-13-6-7-14(15)8-13)19-11-17-20-16(21-23-17)10-12-4-2-1-3-5-12/h1-5,13-15H,6-11H2,(H,19,22). The summed E-state index contributed by atoms with van der Waals surface area (Å²) in [5.41, 5.74) is 1.14. The maximum atomic E-state index is 12.3. The van der Waals surface area contributed by atoms with E-state index in [0.29, 0.717) is 30.6 Å². The van der Waals surface area contributed by atoms with Gasteiger partial charge in [0, 0.05) is 12.3 Å². The molecule has 0 spiro atoms. The summed E-state index contributed by atoms with van der Waals surface area (Å²) < 4.78 is 5.24. The Kier molecular flexibility index (Phi) is 3.85. The fraction of sp³-hybridized carbons (Fsp3) is 0.500. The summed E-state index contributed by atoms with van der Waals surface area (Å²) >= 11 is 0. The molecule has 3 atom stereocenters. The molecule has 1 N–H and O–H groups in total. The number of hydrogen-bond donors (Lipinski definition) is 1. The smallest absolute Gasteiger partial charge is 0.246 e. The van der Waals surface area contributed by atoms with Crippen LogP contribution in [-0.4, -0.2) is 16.0 Å². The van der Waals surface area contributed by atoms with E-state index in [1.165, 1.54) is 19.3 Å². The van der Waals surface area contributed by atoms with Crippen molar-refractivity contribution in [3.05, 3.63) is 47.6 Å². The van der Waals surface area contributed by atoms with Crippen LogP contribution in [0, 0.1) is 17.8 Å². The molecule has 120 valence electrons. The third-order valence-electron chi connectivity index (χ3n) is 5.20. The first-order valence-corrected chi connectivity index (χ1v) is 8.41. The van der Waals surface area contributed by atoms with Gasteiger partial charge in [-0.25, -0.2) is 0 Å². The molecule has 0 saturated heterocycles. The van der Waals surface area contributed by atoms with Crippen LogP contribution in [0.3, 0.4) is 0 Å². The third-order valence-corrected chi connectivity index (χ3v) is 5.20. The fourth-order valence-electron chi connectivity index (χ4n) is 4.07. The van der Waals surface area contributed by atoms with Gasteiger partial charge in [0.15, 0.2) is 5.82 Å². The zero-order valence-electron chi connectivity index (χ0n) is 13.1. The van der Waals surface area contributed by atoms with Gasteiger partial charge in [-0.3, -0.25) is 4.79 Å². The van der Waals surface area contributed by atoms with Crippen molar-refractivity contribution in [1.29, 1.82) is 0 Å². The lowest BCUT2D eigenvalue weighted by molar-refractivity contribution is -0.126. The van der Waals surface area contributed by atoms with Gasteiger partial charge in [-0.2, -0.15) is 4.98 Å². The zero-order chi connectivity index (χ0) is 15.6. The molecule has 1 aromatic carbocycles. The Morgan fingerprint density at radius 2 is 2.09 bits per heavy atom. The second kappa shape index (κ2) is 6.14. The molecule has 2 fully saturated rings. The van der Waals surface area contributed by atoms with Gasteiger partial charge in [0.25, 0.3) is 0 Å². The number of rotatable bonds is 5. The first kappa shape index (κ1) is 14.4. The van der Waals surface area contributed by atoms with Gasteiger partial charge in [0.1, 0.15) is 0 Å². The van der Waals surface area contributed by atoms with Crippen LogP contribution in [-0.2, 0) is 17.8 Å². The SMILES string of the molecule is O=C(NCc1nc(Cc2ccccc2)no1)C1CC2CCC1C2. The Hall–Kier alpha value is -2.17. The minimum Gasteiger partial charge on any atom is -0.347 e. The maximum absolute atomic E-state index is 12.3. The minimum atomic E-state index is 0.153. The Morgan fingerprint density at radius 1 is 1.22 bits per heavy atom. The third kappa shape index (κ3) is 3.14. The van der Waals surface area contributed by atoms with Gasteiger partial charge in [0.05, 0.1) is 6.54 Å². The van der Waals surface area contributed by atoms with Crippen molar-refractivity contribution in [2.24, 2.45) is 17.8 Å². The molecule has 1 heterocycles. The van der Waals surface area contributed by atoms with Gasteiger partial charge >= 0.3 is 0 Å². The lowest BCUT2D eigenvalue weighted by Gasteiger charge is -2.20. The number of carbonyl (C=O) groups is 1. The molecule has 23 heavy (non-hydrogen) atoms. The van der Waals surface area contributed by atoms with Crippen LogP contribution in [0.25, 0.3) is 0 Å². The summed E-state index contributed by atoms with van der Waals surface area (Å²) in [4.78, 5) is 16.7. The van der Waals surface area contributed by atoms with E-state index in [4.69, 9.17) is 4.52 Å². The van der Waals surface area contributed by atoms with Crippen molar-refractivity contribution in [3.63, 3.8) is 0 Å². The largest absolute Gasteiger partial charge is 0.347 e. The van der Waals surface area contributed by atoms with Gasteiger partial charge in [-0.15, -0.1) is 0 Å². The van der Waals surface area contributed by atoms with Crippen molar-refractivity contribution >= 4 is 5.91 Å². The number of hydrogen-bond acceptors (Lipinski definition) is 4. The molecular formula is C18H21N3O2.